The van der Waals surface area contributed by atoms with Crippen molar-refractivity contribution in [3.05, 3.63) is 65.7 Å². The van der Waals surface area contributed by atoms with E-state index in [2.05, 4.69) is 21.3 Å². The number of β-amino-alcohol motifs (C(OH)–C–C–N with tert-alkyl or cyclic N) is 1. The Balaban J connectivity index is 1.31. The average molecular weight is 578 g/mol. The molecule has 10 heteroatoms. The van der Waals surface area contributed by atoms with Crippen molar-refractivity contribution in [1.82, 2.24) is 26.2 Å². The molecule has 1 aliphatic carbocycles. The fourth-order valence-corrected chi connectivity index (χ4v) is 6.41. The molecule has 2 heterocycles. The lowest BCUT2D eigenvalue weighted by atomic mass is 9.72. The van der Waals surface area contributed by atoms with Crippen molar-refractivity contribution in [2.75, 3.05) is 33.4 Å². The zero-order valence-electron chi connectivity index (χ0n) is 24.3. The van der Waals surface area contributed by atoms with Crippen molar-refractivity contribution in [1.29, 1.82) is 0 Å². The van der Waals surface area contributed by atoms with Crippen LogP contribution >= 0.6 is 0 Å². The average Bonchev–Trinajstić information content (AvgIpc) is 3.53. The second-order valence-corrected chi connectivity index (χ2v) is 11.9. The largest absolute Gasteiger partial charge is 0.497 e. The Kier molecular flexibility index (Phi) is 9.76. The maximum absolute atomic E-state index is 13.8. The number of rotatable bonds is 11. The van der Waals surface area contributed by atoms with Gasteiger partial charge in [0.25, 0.3) is 5.91 Å². The zero-order valence-corrected chi connectivity index (χ0v) is 24.3. The van der Waals surface area contributed by atoms with Crippen molar-refractivity contribution < 1.29 is 24.2 Å². The van der Waals surface area contributed by atoms with Crippen LogP contribution in [0.3, 0.4) is 0 Å². The summed E-state index contributed by atoms with van der Waals surface area (Å²) >= 11 is 0. The summed E-state index contributed by atoms with van der Waals surface area (Å²) in [4.78, 5) is 42.3. The van der Waals surface area contributed by atoms with E-state index in [4.69, 9.17) is 4.74 Å². The van der Waals surface area contributed by atoms with Gasteiger partial charge in [-0.25, -0.2) is 0 Å². The summed E-state index contributed by atoms with van der Waals surface area (Å²) in [6.07, 6.45) is 6.02. The summed E-state index contributed by atoms with van der Waals surface area (Å²) in [5.41, 5.74) is 0.461. The normalized spacial score (nSPS) is 21.6. The van der Waals surface area contributed by atoms with Gasteiger partial charge in [0, 0.05) is 31.2 Å². The quantitative estimate of drug-likeness (QED) is 0.274. The summed E-state index contributed by atoms with van der Waals surface area (Å²) in [7, 11) is 1.59. The Bertz CT molecular complexity index is 1210. The molecule has 3 aliphatic rings. The Hall–Kier alpha value is -3.47. The van der Waals surface area contributed by atoms with Crippen LogP contribution < -0.4 is 26.0 Å². The first-order chi connectivity index (χ1) is 20.3. The predicted octanol–water partition coefficient (Wildman–Crippen LogP) is 1.58. The first-order valence-electron chi connectivity index (χ1n) is 15.1. The molecule has 0 bridgehead atoms. The summed E-state index contributed by atoms with van der Waals surface area (Å²) in [6.45, 7) is 1.85. The first-order valence-corrected chi connectivity index (χ1v) is 15.1. The van der Waals surface area contributed by atoms with E-state index in [1.54, 1.807) is 36.3 Å². The minimum atomic E-state index is -0.863. The molecule has 0 spiro atoms. The number of hydrogen-bond donors (Lipinski definition) is 5. The third-order valence-electron chi connectivity index (χ3n) is 8.90. The molecule has 3 amide bonds. The van der Waals surface area contributed by atoms with E-state index in [-0.39, 0.29) is 43.3 Å². The highest BCUT2D eigenvalue weighted by molar-refractivity contribution is 5.98. The Labute approximate surface area is 247 Å². The van der Waals surface area contributed by atoms with E-state index in [1.807, 2.05) is 30.3 Å². The zero-order chi connectivity index (χ0) is 29.5. The first kappa shape index (κ1) is 30.0. The van der Waals surface area contributed by atoms with Crippen LogP contribution in [-0.4, -0.2) is 84.9 Å². The van der Waals surface area contributed by atoms with Gasteiger partial charge in [-0.2, -0.15) is 0 Å². The number of hydrogen-bond acceptors (Lipinski definition) is 7. The van der Waals surface area contributed by atoms with Crippen LogP contribution in [0.1, 0.15) is 54.4 Å². The third-order valence-corrected chi connectivity index (χ3v) is 8.90. The van der Waals surface area contributed by atoms with Gasteiger partial charge < -0.3 is 36.0 Å². The summed E-state index contributed by atoms with van der Waals surface area (Å²) in [6, 6.07) is 14.5. The maximum Gasteiger partial charge on any atom is 0.251 e. The van der Waals surface area contributed by atoms with Gasteiger partial charge in [-0.1, -0.05) is 49.6 Å². The highest BCUT2D eigenvalue weighted by Crippen LogP contribution is 2.38. The minimum Gasteiger partial charge on any atom is -0.497 e. The third kappa shape index (κ3) is 7.29. The number of carbonyl (C=O) groups is 3. The van der Waals surface area contributed by atoms with Crippen LogP contribution in [-0.2, 0) is 16.0 Å². The summed E-state index contributed by atoms with van der Waals surface area (Å²) in [5, 5.41) is 23.7. The van der Waals surface area contributed by atoms with Gasteiger partial charge >= 0.3 is 0 Å². The van der Waals surface area contributed by atoms with Gasteiger partial charge in [0.15, 0.2) is 0 Å². The second-order valence-electron chi connectivity index (χ2n) is 11.9. The molecule has 3 fully saturated rings. The smallest absolute Gasteiger partial charge is 0.251 e. The fraction of sp³-hybridized carbons (Fsp3) is 0.531. The number of methoxy groups -OCH3 is 1. The van der Waals surface area contributed by atoms with Crippen molar-refractivity contribution in [3.8, 4) is 5.75 Å². The number of nitrogens with one attached hydrogen (secondary N) is 4. The van der Waals surface area contributed by atoms with Crippen molar-refractivity contribution in [2.24, 2.45) is 5.92 Å². The molecule has 5 N–H and O–H groups in total. The van der Waals surface area contributed by atoms with Gasteiger partial charge in [0.1, 0.15) is 23.4 Å². The molecular weight excluding hydrogens is 534 g/mol. The van der Waals surface area contributed by atoms with E-state index in [1.165, 1.54) is 6.42 Å². The molecular formula is C32H43N5O5. The molecule has 1 unspecified atom stereocenters. The fourth-order valence-electron chi connectivity index (χ4n) is 6.41. The van der Waals surface area contributed by atoms with Gasteiger partial charge in [-0.05, 0) is 55.0 Å². The van der Waals surface area contributed by atoms with Gasteiger partial charge in [0.05, 0.1) is 20.2 Å². The van der Waals surface area contributed by atoms with Crippen LogP contribution in [0.2, 0.25) is 0 Å². The Morgan fingerprint density at radius 3 is 2.36 bits per heavy atom. The van der Waals surface area contributed by atoms with Gasteiger partial charge in [0.2, 0.25) is 11.8 Å². The van der Waals surface area contributed by atoms with Crippen LogP contribution in [0.4, 0.5) is 0 Å². The van der Waals surface area contributed by atoms with Crippen molar-refractivity contribution >= 4 is 17.7 Å². The molecule has 0 aromatic heterocycles. The van der Waals surface area contributed by atoms with Crippen molar-refractivity contribution in [2.45, 2.75) is 68.7 Å². The molecule has 10 nitrogen and oxygen atoms in total. The Morgan fingerprint density at radius 2 is 1.71 bits per heavy atom. The number of aliphatic hydroxyl groups is 1. The molecule has 5 rings (SSSR count). The lowest BCUT2D eigenvalue weighted by Gasteiger charge is -2.52. The molecule has 3 atom stereocenters. The molecule has 2 saturated heterocycles. The number of amides is 3. The van der Waals surface area contributed by atoms with E-state index < -0.39 is 23.6 Å². The van der Waals surface area contributed by atoms with Crippen LogP contribution in [0.5, 0.6) is 5.75 Å². The topological polar surface area (TPSA) is 132 Å². The molecule has 2 aliphatic heterocycles. The summed E-state index contributed by atoms with van der Waals surface area (Å²) < 4.78 is 5.28. The van der Waals surface area contributed by atoms with Crippen LogP contribution in [0.25, 0.3) is 0 Å². The van der Waals surface area contributed by atoms with E-state index in [9.17, 15) is 19.5 Å². The predicted molar refractivity (Wildman–Crippen MR) is 159 cm³/mol. The highest BCUT2D eigenvalue weighted by atomic mass is 16.5. The number of carbonyl (C=O) groups excluding carboxylic acids is 3. The van der Waals surface area contributed by atoms with Crippen LogP contribution in [0.15, 0.2) is 54.6 Å². The number of nitrogens with zero attached hydrogens (tertiary/aromatic N) is 1. The minimum absolute atomic E-state index is 0.00607. The molecule has 226 valence electrons. The monoisotopic (exact) mass is 577 g/mol. The molecule has 1 saturated carbocycles. The lowest BCUT2D eigenvalue weighted by Crippen LogP contribution is -2.69. The van der Waals surface area contributed by atoms with E-state index >= 15 is 0 Å². The summed E-state index contributed by atoms with van der Waals surface area (Å²) in [5.74, 6) is -0.0845. The molecule has 42 heavy (non-hydrogen) atoms. The van der Waals surface area contributed by atoms with Crippen LogP contribution in [0, 0.1) is 5.92 Å². The molecule has 2 aromatic rings. The van der Waals surface area contributed by atoms with E-state index in [0.29, 0.717) is 30.9 Å². The highest BCUT2D eigenvalue weighted by Gasteiger charge is 2.50. The standard InChI is InChI=1S/C32H43N5O5/c1-42-26-14-12-22(13-15-26)16-28(31(40)37-19-32(41,20-37)24-10-6-3-7-11-24)36-30(39)27(17-25-18-33-21-34-25)35-29(38)23-8-4-2-5-9-23/h2,4-5,8-9,12-15,24-25,27-28,33-34,41H,3,6-7,10-11,16-21H2,1H3,(H,35,38)(H,36,39)/t25?,27-,28-/m0/s1. The number of likely N-dealkylation sites (tertiary alicyclic amines) is 1. The maximum atomic E-state index is 13.8. The van der Waals surface area contributed by atoms with Gasteiger partial charge in [-0.15, -0.1) is 0 Å². The van der Waals surface area contributed by atoms with E-state index in [0.717, 1.165) is 31.2 Å². The van der Waals surface area contributed by atoms with Crippen molar-refractivity contribution in [3.63, 3.8) is 0 Å². The number of ether oxygens (including phenoxy) is 1. The SMILES string of the molecule is COc1ccc(C[C@H](NC(=O)[C@H](CC2CNCN2)NC(=O)c2ccccc2)C(=O)N2CC(O)(C3CCCCC3)C2)cc1. The van der Waals surface area contributed by atoms with Gasteiger partial charge in [-0.3, -0.25) is 14.4 Å². The lowest BCUT2D eigenvalue weighted by molar-refractivity contribution is -0.172. The second kappa shape index (κ2) is 13.7. The molecule has 2 aromatic carbocycles. The Morgan fingerprint density at radius 1 is 1.00 bits per heavy atom. The number of benzene rings is 2. The molecule has 0 radical (unpaired) electrons.